The molecule has 1 aromatic carbocycles. The number of aromatic hydroxyl groups is 1. The first-order valence-electron chi connectivity index (χ1n) is 5.20. The Hall–Kier alpha value is -1.77. The van der Waals surface area contributed by atoms with Crippen molar-refractivity contribution in [3.8, 4) is 5.75 Å². The molecule has 0 fully saturated rings. The summed E-state index contributed by atoms with van der Waals surface area (Å²) in [6.45, 7) is 5.48. The Bertz CT molecular complexity index is 418. The number of aryl methyl sites for hydroxylation is 1. The second-order valence-electron chi connectivity index (χ2n) is 3.94. The van der Waals surface area contributed by atoms with Gasteiger partial charge in [0.15, 0.2) is 0 Å². The van der Waals surface area contributed by atoms with E-state index in [2.05, 4.69) is 4.99 Å². The number of benzene rings is 1. The van der Waals surface area contributed by atoms with E-state index in [-0.39, 0.29) is 17.4 Å². The number of aliphatic imine (C=N–C) groups is 1. The number of aliphatic hydroxyl groups excluding tert-OH is 1. The van der Waals surface area contributed by atoms with Crippen LogP contribution in [0.1, 0.15) is 19.4 Å². The van der Waals surface area contributed by atoms with E-state index in [0.717, 1.165) is 5.56 Å². The Morgan fingerprint density at radius 2 is 2.12 bits per heavy atom. The van der Waals surface area contributed by atoms with Gasteiger partial charge in [0, 0.05) is 12.1 Å². The number of nitrogens with zero attached hydrogens (tertiary/aromatic N) is 1. The summed E-state index contributed by atoms with van der Waals surface area (Å²) in [7, 11) is 0. The fourth-order valence-corrected chi connectivity index (χ4v) is 1.36. The Labute approximate surface area is 95.8 Å². The van der Waals surface area contributed by atoms with E-state index < -0.39 is 0 Å². The molecule has 0 aliphatic heterocycles. The lowest BCUT2D eigenvalue weighted by Crippen LogP contribution is -1.91. The molecule has 0 spiro atoms. The number of aliphatic hydroxyl groups is 1. The Morgan fingerprint density at radius 3 is 2.75 bits per heavy atom. The van der Waals surface area contributed by atoms with Gasteiger partial charge in [-0.3, -0.25) is 4.99 Å². The van der Waals surface area contributed by atoms with Gasteiger partial charge in [-0.15, -0.1) is 0 Å². The van der Waals surface area contributed by atoms with Crippen LogP contribution in [-0.2, 0) is 0 Å². The first kappa shape index (κ1) is 12.3. The molecular formula is C13H17NO2. The third-order valence-electron chi connectivity index (χ3n) is 2.08. The third-order valence-corrected chi connectivity index (χ3v) is 2.08. The van der Waals surface area contributed by atoms with E-state index in [0.29, 0.717) is 5.69 Å². The summed E-state index contributed by atoms with van der Waals surface area (Å²) in [5.74, 6) is 0.469. The maximum Gasteiger partial charge on any atom is 0.141 e. The minimum Gasteiger partial charge on any atom is -0.513 e. The summed E-state index contributed by atoms with van der Waals surface area (Å²) in [5.41, 5.74) is 1.60. The molecule has 0 amide bonds. The molecule has 1 rings (SSSR count). The summed E-state index contributed by atoms with van der Waals surface area (Å²) < 4.78 is 0. The first-order chi connectivity index (χ1) is 7.49. The minimum absolute atomic E-state index is 0.0323. The highest BCUT2D eigenvalue weighted by Crippen LogP contribution is 2.26. The smallest absolute Gasteiger partial charge is 0.141 e. The fourth-order valence-electron chi connectivity index (χ4n) is 1.36. The average molecular weight is 219 g/mol. The largest absolute Gasteiger partial charge is 0.513 e. The molecule has 0 saturated carbocycles. The number of hydrogen-bond donors (Lipinski definition) is 2. The monoisotopic (exact) mass is 219 g/mol. The molecular weight excluding hydrogens is 202 g/mol. The third kappa shape index (κ3) is 3.77. The molecule has 1 atom stereocenters. The van der Waals surface area contributed by atoms with Crippen LogP contribution >= 0.6 is 0 Å². The zero-order chi connectivity index (χ0) is 12.1. The molecule has 2 N–H and O–H groups in total. The van der Waals surface area contributed by atoms with Crippen molar-refractivity contribution < 1.29 is 10.2 Å². The summed E-state index contributed by atoms with van der Waals surface area (Å²) in [6.07, 6.45) is 3.38. The second-order valence-corrected chi connectivity index (χ2v) is 3.94. The quantitative estimate of drug-likeness (QED) is 0.603. The zero-order valence-corrected chi connectivity index (χ0v) is 9.81. The van der Waals surface area contributed by atoms with E-state index in [1.807, 2.05) is 26.0 Å². The van der Waals surface area contributed by atoms with Gasteiger partial charge in [-0.1, -0.05) is 13.0 Å². The lowest BCUT2D eigenvalue weighted by atomic mass is 10.1. The van der Waals surface area contributed by atoms with Crippen molar-refractivity contribution in [1.82, 2.24) is 0 Å². The predicted octanol–water partition coefficient (Wildman–Crippen LogP) is 3.50. The fraction of sp³-hybridized carbons (Fsp3) is 0.308. The van der Waals surface area contributed by atoms with Crippen molar-refractivity contribution in [2.75, 3.05) is 0 Å². The minimum atomic E-state index is 0.0323. The molecule has 86 valence electrons. The molecule has 3 nitrogen and oxygen atoms in total. The Morgan fingerprint density at radius 1 is 1.44 bits per heavy atom. The predicted molar refractivity (Wildman–Crippen MR) is 66.5 cm³/mol. The highest BCUT2D eigenvalue weighted by Gasteiger charge is 1.99. The van der Waals surface area contributed by atoms with Crippen molar-refractivity contribution >= 4 is 11.9 Å². The molecule has 0 radical (unpaired) electrons. The molecule has 0 saturated heterocycles. The molecule has 0 aromatic heterocycles. The highest BCUT2D eigenvalue weighted by atomic mass is 16.3. The lowest BCUT2D eigenvalue weighted by Gasteiger charge is -2.02. The van der Waals surface area contributed by atoms with Crippen LogP contribution in [-0.4, -0.2) is 16.4 Å². The van der Waals surface area contributed by atoms with Crippen LogP contribution in [0.3, 0.4) is 0 Å². The molecule has 1 unspecified atom stereocenters. The van der Waals surface area contributed by atoms with E-state index in [1.165, 1.54) is 0 Å². The van der Waals surface area contributed by atoms with Crippen molar-refractivity contribution in [3.05, 3.63) is 35.6 Å². The van der Waals surface area contributed by atoms with E-state index in [4.69, 9.17) is 5.11 Å². The Balaban J connectivity index is 2.83. The van der Waals surface area contributed by atoms with Crippen molar-refractivity contribution in [1.29, 1.82) is 0 Å². The van der Waals surface area contributed by atoms with Crippen molar-refractivity contribution in [3.63, 3.8) is 0 Å². The van der Waals surface area contributed by atoms with Crippen LogP contribution in [0, 0.1) is 12.8 Å². The number of phenolic OH excluding ortho intramolecular Hbond substituents is 1. The van der Waals surface area contributed by atoms with Crippen LogP contribution in [0.15, 0.2) is 35.0 Å². The van der Waals surface area contributed by atoms with Gasteiger partial charge in [-0.2, -0.15) is 0 Å². The van der Waals surface area contributed by atoms with Crippen LogP contribution in [0.5, 0.6) is 5.75 Å². The molecule has 0 aliphatic rings. The Kier molecular flexibility index (Phi) is 4.11. The zero-order valence-electron chi connectivity index (χ0n) is 9.81. The summed E-state index contributed by atoms with van der Waals surface area (Å²) >= 11 is 0. The number of allylic oxidation sites excluding steroid dienone is 2. The molecule has 0 bridgehead atoms. The normalized spacial score (nSPS) is 14.3. The van der Waals surface area contributed by atoms with Crippen molar-refractivity contribution in [2.24, 2.45) is 10.9 Å². The van der Waals surface area contributed by atoms with Gasteiger partial charge in [0.05, 0.1) is 5.76 Å². The highest BCUT2D eigenvalue weighted by molar-refractivity contribution is 5.69. The number of rotatable bonds is 3. The topological polar surface area (TPSA) is 52.8 Å². The van der Waals surface area contributed by atoms with E-state index in [9.17, 15) is 5.11 Å². The lowest BCUT2D eigenvalue weighted by molar-refractivity contribution is 0.410. The van der Waals surface area contributed by atoms with Crippen LogP contribution < -0.4 is 0 Å². The van der Waals surface area contributed by atoms with Gasteiger partial charge in [0.25, 0.3) is 0 Å². The first-order valence-corrected chi connectivity index (χ1v) is 5.20. The average Bonchev–Trinajstić information content (AvgIpc) is 2.18. The van der Waals surface area contributed by atoms with Gasteiger partial charge in [-0.05, 0) is 37.6 Å². The molecule has 16 heavy (non-hydrogen) atoms. The molecule has 0 heterocycles. The molecule has 1 aromatic rings. The van der Waals surface area contributed by atoms with Gasteiger partial charge < -0.3 is 10.2 Å². The maximum atomic E-state index is 9.55. The summed E-state index contributed by atoms with van der Waals surface area (Å²) in [4.78, 5) is 4.19. The van der Waals surface area contributed by atoms with Gasteiger partial charge in [0.2, 0.25) is 0 Å². The van der Waals surface area contributed by atoms with Crippen LogP contribution in [0.2, 0.25) is 0 Å². The molecule has 3 heteroatoms. The second kappa shape index (κ2) is 5.35. The summed E-state index contributed by atoms with van der Waals surface area (Å²) in [5, 5.41) is 18.6. The number of hydrogen-bond acceptors (Lipinski definition) is 3. The van der Waals surface area contributed by atoms with E-state index >= 15 is 0 Å². The van der Waals surface area contributed by atoms with Crippen LogP contribution in [0.4, 0.5) is 5.69 Å². The van der Waals surface area contributed by atoms with Crippen molar-refractivity contribution in [2.45, 2.75) is 20.8 Å². The number of phenols is 1. The SMILES string of the molecule is CC(O)=CC(C)C=Nc1cc(C)ccc1O. The standard InChI is InChI=1S/C13H17NO2/c1-9-4-5-13(16)12(7-9)14-8-10(2)6-11(3)15/h4-8,10,15-16H,1-3H3. The van der Waals surface area contributed by atoms with Gasteiger partial charge in [-0.25, -0.2) is 0 Å². The summed E-state index contributed by atoms with van der Waals surface area (Å²) in [6, 6.07) is 5.27. The van der Waals surface area contributed by atoms with Gasteiger partial charge in [0.1, 0.15) is 11.4 Å². The van der Waals surface area contributed by atoms with Crippen LogP contribution in [0.25, 0.3) is 0 Å². The maximum absolute atomic E-state index is 9.55. The molecule has 0 aliphatic carbocycles. The van der Waals surface area contributed by atoms with E-state index in [1.54, 1.807) is 25.3 Å². The van der Waals surface area contributed by atoms with Gasteiger partial charge >= 0.3 is 0 Å².